The van der Waals surface area contributed by atoms with Gasteiger partial charge < -0.3 is 4.74 Å². The molecule has 0 heterocycles. The average Bonchev–Trinajstić information content (AvgIpc) is 1.84. The Morgan fingerprint density at radius 1 is 1.42 bits per heavy atom. The van der Waals surface area contributed by atoms with Crippen molar-refractivity contribution in [1.82, 2.24) is 4.90 Å². The summed E-state index contributed by atoms with van der Waals surface area (Å²) >= 11 is 0. The molecule has 72 valence electrons. The van der Waals surface area contributed by atoms with Gasteiger partial charge in [0.05, 0.1) is 6.54 Å². The summed E-state index contributed by atoms with van der Waals surface area (Å²) < 4.78 is 5.22. The first-order chi connectivity index (χ1) is 5.37. The molecule has 0 N–H and O–H groups in total. The van der Waals surface area contributed by atoms with Crippen molar-refractivity contribution in [1.29, 1.82) is 0 Å². The van der Waals surface area contributed by atoms with Crippen LogP contribution in [0.5, 0.6) is 0 Å². The number of ether oxygens (including phenoxy) is 1. The van der Waals surface area contributed by atoms with Crippen LogP contribution in [-0.4, -0.2) is 37.1 Å². The Kier molecular flexibility index (Phi) is 4.24. The zero-order valence-corrected chi connectivity index (χ0v) is 8.68. The highest BCUT2D eigenvalue weighted by atomic mass is 16.6. The lowest BCUT2D eigenvalue weighted by Crippen LogP contribution is -2.32. The van der Waals surface area contributed by atoms with Gasteiger partial charge in [0.25, 0.3) is 0 Å². The van der Waals surface area contributed by atoms with Crippen LogP contribution in [0.2, 0.25) is 0 Å². The molecule has 0 unspecified atom stereocenters. The molecule has 3 heteroatoms. The van der Waals surface area contributed by atoms with Crippen molar-refractivity contribution < 1.29 is 9.53 Å². The van der Waals surface area contributed by atoms with Crippen LogP contribution in [0.25, 0.3) is 0 Å². The number of hydrogen-bond acceptors (Lipinski definition) is 3. The largest absolute Gasteiger partial charge is 0.459 e. The molecule has 12 heavy (non-hydrogen) atoms. The maximum absolute atomic E-state index is 11.2. The van der Waals surface area contributed by atoms with Crippen LogP contribution >= 0.6 is 0 Å². The van der Waals surface area contributed by atoms with Crippen molar-refractivity contribution in [3.8, 4) is 0 Å². The van der Waals surface area contributed by atoms with Gasteiger partial charge in [0.15, 0.2) is 0 Å². The van der Waals surface area contributed by atoms with E-state index in [0.29, 0.717) is 6.54 Å². The van der Waals surface area contributed by atoms with Crippen LogP contribution in [0.15, 0.2) is 0 Å². The number of carbonyl (C=O) groups is 1. The Morgan fingerprint density at radius 2 is 1.92 bits per heavy atom. The summed E-state index contributed by atoms with van der Waals surface area (Å²) in [6.07, 6.45) is 0.839. The van der Waals surface area contributed by atoms with Gasteiger partial charge in [-0.05, 0) is 34.4 Å². The summed E-state index contributed by atoms with van der Waals surface area (Å²) in [7, 11) is 3.69. The average molecular weight is 173 g/mol. The molecule has 0 spiro atoms. The van der Waals surface area contributed by atoms with Crippen molar-refractivity contribution in [3.05, 3.63) is 0 Å². The van der Waals surface area contributed by atoms with Crippen molar-refractivity contribution in [2.45, 2.75) is 32.8 Å². The Bertz CT molecular complexity index is 153. The van der Waals surface area contributed by atoms with Gasteiger partial charge in [-0.25, -0.2) is 0 Å². The van der Waals surface area contributed by atoms with Gasteiger partial charge in [-0.15, -0.1) is 0 Å². The van der Waals surface area contributed by atoms with Crippen molar-refractivity contribution in [2.24, 2.45) is 0 Å². The molecule has 0 aliphatic carbocycles. The van der Waals surface area contributed by atoms with E-state index in [1.54, 1.807) is 4.90 Å². The molecule has 0 radical (unpaired) electrons. The van der Waals surface area contributed by atoms with E-state index in [4.69, 9.17) is 4.74 Å². The van der Waals surface area contributed by atoms with Gasteiger partial charge in [-0.3, -0.25) is 9.69 Å². The van der Waals surface area contributed by atoms with E-state index in [1.165, 1.54) is 0 Å². The lowest BCUT2D eigenvalue weighted by molar-refractivity contribution is -0.157. The van der Waals surface area contributed by atoms with Crippen LogP contribution in [0.3, 0.4) is 0 Å². The first-order valence-corrected chi connectivity index (χ1v) is 4.24. The SMILES string of the molecule is CCC(C)(C)OC(=O)CN(C)C. The summed E-state index contributed by atoms with van der Waals surface area (Å²) in [6.45, 7) is 6.19. The van der Waals surface area contributed by atoms with Crippen LogP contribution in [-0.2, 0) is 9.53 Å². The number of esters is 1. The topological polar surface area (TPSA) is 29.5 Å². The standard InChI is InChI=1S/C9H19NO2/c1-6-9(2,3)12-8(11)7-10(4)5/h6-7H2,1-5H3. The molecular weight excluding hydrogens is 154 g/mol. The van der Waals surface area contributed by atoms with Gasteiger partial charge in [-0.1, -0.05) is 6.92 Å². The third-order valence-electron chi connectivity index (χ3n) is 1.69. The quantitative estimate of drug-likeness (QED) is 0.600. The first kappa shape index (κ1) is 11.4. The normalized spacial score (nSPS) is 11.8. The predicted octanol–water partition coefficient (Wildman–Crippen LogP) is 1.28. The Morgan fingerprint density at radius 3 is 2.25 bits per heavy atom. The minimum absolute atomic E-state index is 0.160. The molecule has 0 aliphatic rings. The summed E-state index contributed by atoms with van der Waals surface area (Å²) in [5.74, 6) is -0.160. The molecule has 0 aromatic carbocycles. The minimum Gasteiger partial charge on any atom is -0.459 e. The lowest BCUT2D eigenvalue weighted by atomic mass is 10.1. The highest BCUT2D eigenvalue weighted by molar-refractivity contribution is 5.72. The fourth-order valence-electron chi connectivity index (χ4n) is 0.671. The second-order valence-corrected chi connectivity index (χ2v) is 3.83. The maximum atomic E-state index is 11.2. The van der Waals surface area contributed by atoms with Gasteiger partial charge in [0.2, 0.25) is 0 Å². The van der Waals surface area contributed by atoms with E-state index < -0.39 is 0 Å². The second kappa shape index (κ2) is 4.45. The number of hydrogen-bond donors (Lipinski definition) is 0. The zero-order valence-electron chi connectivity index (χ0n) is 8.68. The van der Waals surface area contributed by atoms with Crippen LogP contribution < -0.4 is 0 Å². The monoisotopic (exact) mass is 173 g/mol. The molecule has 0 amide bonds. The molecular formula is C9H19NO2. The van der Waals surface area contributed by atoms with Gasteiger partial charge >= 0.3 is 5.97 Å². The van der Waals surface area contributed by atoms with E-state index in [1.807, 2.05) is 34.9 Å². The molecule has 0 bridgehead atoms. The van der Waals surface area contributed by atoms with E-state index in [9.17, 15) is 4.79 Å². The number of rotatable bonds is 4. The Labute approximate surface area is 74.7 Å². The molecule has 3 nitrogen and oxygen atoms in total. The number of nitrogens with zero attached hydrogens (tertiary/aromatic N) is 1. The van der Waals surface area contributed by atoms with E-state index in [2.05, 4.69) is 0 Å². The summed E-state index contributed by atoms with van der Waals surface area (Å²) in [5, 5.41) is 0. The lowest BCUT2D eigenvalue weighted by Gasteiger charge is -2.24. The van der Waals surface area contributed by atoms with Crippen molar-refractivity contribution in [2.75, 3.05) is 20.6 Å². The van der Waals surface area contributed by atoms with Crippen molar-refractivity contribution >= 4 is 5.97 Å². The van der Waals surface area contributed by atoms with Gasteiger partial charge in [0.1, 0.15) is 5.60 Å². The summed E-state index contributed by atoms with van der Waals surface area (Å²) in [5.41, 5.74) is -0.326. The third kappa shape index (κ3) is 5.13. The van der Waals surface area contributed by atoms with Gasteiger partial charge in [0, 0.05) is 0 Å². The molecule has 0 aromatic rings. The van der Waals surface area contributed by atoms with Gasteiger partial charge in [-0.2, -0.15) is 0 Å². The fraction of sp³-hybridized carbons (Fsp3) is 0.889. The van der Waals surface area contributed by atoms with Crippen molar-refractivity contribution in [3.63, 3.8) is 0 Å². The highest BCUT2D eigenvalue weighted by Crippen LogP contribution is 2.13. The molecule has 0 aromatic heterocycles. The first-order valence-electron chi connectivity index (χ1n) is 4.24. The summed E-state index contributed by atoms with van der Waals surface area (Å²) in [6, 6.07) is 0. The molecule has 0 rings (SSSR count). The van der Waals surface area contributed by atoms with Crippen LogP contribution in [0, 0.1) is 0 Å². The number of carbonyl (C=O) groups excluding carboxylic acids is 1. The molecule has 0 saturated heterocycles. The molecule has 0 saturated carbocycles. The second-order valence-electron chi connectivity index (χ2n) is 3.83. The van der Waals surface area contributed by atoms with E-state index in [0.717, 1.165) is 6.42 Å². The van der Waals surface area contributed by atoms with Crippen LogP contribution in [0.1, 0.15) is 27.2 Å². The van der Waals surface area contributed by atoms with E-state index in [-0.39, 0.29) is 11.6 Å². The summed E-state index contributed by atoms with van der Waals surface area (Å²) in [4.78, 5) is 13.0. The number of likely N-dealkylation sites (N-methyl/N-ethyl adjacent to an activating group) is 1. The zero-order chi connectivity index (χ0) is 9.78. The van der Waals surface area contributed by atoms with Crippen LogP contribution in [0.4, 0.5) is 0 Å². The Hall–Kier alpha value is -0.570. The Balaban J connectivity index is 3.84. The third-order valence-corrected chi connectivity index (χ3v) is 1.69. The predicted molar refractivity (Wildman–Crippen MR) is 49.0 cm³/mol. The smallest absolute Gasteiger partial charge is 0.320 e. The van der Waals surface area contributed by atoms with E-state index >= 15 is 0 Å². The molecule has 0 fully saturated rings. The maximum Gasteiger partial charge on any atom is 0.320 e. The molecule has 0 aliphatic heterocycles. The highest BCUT2D eigenvalue weighted by Gasteiger charge is 2.20. The molecule has 0 atom stereocenters. The minimum atomic E-state index is -0.326. The fourth-order valence-corrected chi connectivity index (χ4v) is 0.671.